The van der Waals surface area contributed by atoms with Gasteiger partial charge in [-0.3, -0.25) is 4.79 Å². The maximum atomic E-state index is 10.9. The Labute approximate surface area is 90.5 Å². The van der Waals surface area contributed by atoms with E-state index in [0.29, 0.717) is 19.4 Å². The molecule has 1 amide bonds. The predicted molar refractivity (Wildman–Crippen MR) is 58.4 cm³/mol. The Kier molecular flexibility index (Phi) is 4.53. The van der Waals surface area contributed by atoms with Gasteiger partial charge in [0.2, 0.25) is 5.91 Å². The van der Waals surface area contributed by atoms with Crippen molar-refractivity contribution in [3.63, 3.8) is 0 Å². The minimum Gasteiger partial charge on any atom is -0.352 e. The molecule has 2 N–H and O–H groups in total. The van der Waals surface area contributed by atoms with Crippen LogP contribution in [0.2, 0.25) is 0 Å². The molecule has 1 fully saturated rings. The fourth-order valence-corrected chi connectivity index (χ4v) is 2.23. The molecule has 0 aromatic carbocycles. The number of rotatable bonds is 6. The highest BCUT2D eigenvalue weighted by Gasteiger charge is 2.19. The normalized spacial score (nSPS) is 21.7. The minimum atomic E-state index is -2.84. The first-order valence-electron chi connectivity index (χ1n) is 5.15. The highest BCUT2D eigenvalue weighted by atomic mass is 32.2. The van der Waals surface area contributed by atoms with E-state index in [1.54, 1.807) is 0 Å². The van der Waals surface area contributed by atoms with Gasteiger partial charge >= 0.3 is 0 Å². The first kappa shape index (κ1) is 12.4. The molecule has 1 heterocycles. The predicted octanol–water partition coefficient (Wildman–Crippen LogP) is -0.711. The molecule has 0 aromatic rings. The first-order valence-corrected chi connectivity index (χ1v) is 7.21. The van der Waals surface area contributed by atoms with Gasteiger partial charge in [-0.2, -0.15) is 0 Å². The van der Waals surface area contributed by atoms with Gasteiger partial charge in [0.25, 0.3) is 0 Å². The van der Waals surface area contributed by atoms with Crippen LogP contribution in [0.1, 0.15) is 19.3 Å². The van der Waals surface area contributed by atoms with Crippen molar-refractivity contribution in [3.8, 4) is 0 Å². The summed E-state index contributed by atoms with van der Waals surface area (Å²) in [6.45, 7) is 1.41. The molecule has 6 heteroatoms. The second kappa shape index (κ2) is 5.46. The zero-order valence-corrected chi connectivity index (χ0v) is 9.77. The van der Waals surface area contributed by atoms with Crippen molar-refractivity contribution in [2.24, 2.45) is 0 Å². The molecule has 1 aliphatic heterocycles. The zero-order chi connectivity index (χ0) is 11.3. The average molecular weight is 234 g/mol. The van der Waals surface area contributed by atoms with Crippen molar-refractivity contribution < 1.29 is 13.2 Å². The Morgan fingerprint density at radius 1 is 1.53 bits per heavy atom. The topological polar surface area (TPSA) is 75.3 Å². The van der Waals surface area contributed by atoms with Gasteiger partial charge in [0.15, 0.2) is 0 Å². The van der Waals surface area contributed by atoms with E-state index in [1.165, 1.54) is 6.26 Å². The van der Waals surface area contributed by atoms with E-state index in [2.05, 4.69) is 10.6 Å². The Hall–Kier alpha value is -0.620. The summed E-state index contributed by atoms with van der Waals surface area (Å²) in [5.74, 6) is 0.328. The van der Waals surface area contributed by atoms with E-state index in [-0.39, 0.29) is 17.7 Å². The Balaban J connectivity index is 2.00. The fraction of sp³-hybridized carbons (Fsp3) is 0.889. The molecular formula is C9H18N2O3S. The maximum absolute atomic E-state index is 10.9. The molecule has 1 saturated heterocycles. The molecule has 1 unspecified atom stereocenters. The number of carbonyl (C=O) groups excluding carboxylic acids is 1. The fourth-order valence-electron chi connectivity index (χ4n) is 1.57. The average Bonchev–Trinajstić information content (AvgIpc) is 2.49. The van der Waals surface area contributed by atoms with Crippen molar-refractivity contribution in [1.82, 2.24) is 10.6 Å². The summed E-state index contributed by atoms with van der Waals surface area (Å²) < 4.78 is 21.6. The molecule has 5 nitrogen and oxygen atoms in total. The van der Waals surface area contributed by atoms with Crippen molar-refractivity contribution in [2.45, 2.75) is 25.3 Å². The van der Waals surface area contributed by atoms with Gasteiger partial charge in [0.1, 0.15) is 9.84 Å². The van der Waals surface area contributed by atoms with Crippen LogP contribution in [0.15, 0.2) is 0 Å². The lowest BCUT2D eigenvalue weighted by molar-refractivity contribution is -0.119. The maximum Gasteiger partial charge on any atom is 0.220 e. The van der Waals surface area contributed by atoms with Gasteiger partial charge in [0, 0.05) is 25.3 Å². The number of sulfone groups is 1. The van der Waals surface area contributed by atoms with Crippen molar-refractivity contribution >= 4 is 15.7 Å². The van der Waals surface area contributed by atoms with Crippen LogP contribution in [0.25, 0.3) is 0 Å². The number of carbonyl (C=O) groups is 1. The van der Waals surface area contributed by atoms with Crippen molar-refractivity contribution in [3.05, 3.63) is 0 Å². The van der Waals surface area contributed by atoms with Crippen LogP contribution < -0.4 is 10.6 Å². The van der Waals surface area contributed by atoms with E-state index < -0.39 is 9.84 Å². The van der Waals surface area contributed by atoms with Gasteiger partial charge in [-0.1, -0.05) is 0 Å². The van der Waals surface area contributed by atoms with E-state index in [0.717, 1.165) is 13.0 Å². The van der Waals surface area contributed by atoms with E-state index >= 15 is 0 Å². The molecule has 0 saturated carbocycles. The molecule has 88 valence electrons. The number of amides is 1. The van der Waals surface area contributed by atoms with Crippen LogP contribution in [0.3, 0.4) is 0 Å². The molecule has 0 radical (unpaired) electrons. The molecule has 0 bridgehead atoms. The lowest BCUT2D eigenvalue weighted by Crippen LogP contribution is -2.36. The number of hydrogen-bond donors (Lipinski definition) is 2. The Morgan fingerprint density at radius 3 is 2.80 bits per heavy atom. The number of nitrogens with one attached hydrogen (secondary N) is 2. The quantitative estimate of drug-likeness (QED) is 0.595. The third-order valence-corrected chi connectivity index (χ3v) is 3.37. The largest absolute Gasteiger partial charge is 0.352 e. The van der Waals surface area contributed by atoms with Crippen LogP contribution in [0, 0.1) is 0 Å². The van der Waals surface area contributed by atoms with Crippen molar-refractivity contribution in [1.29, 1.82) is 0 Å². The van der Waals surface area contributed by atoms with Gasteiger partial charge in [-0.15, -0.1) is 0 Å². The van der Waals surface area contributed by atoms with Gasteiger partial charge < -0.3 is 10.6 Å². The molecule has 15 heavy (non-hydrogen) atoms. The van der Waals surface area contributed by atoms with Crippen LogP contribution in [-0.4, -0.2) is 45.5 Å². The molecule has 1 aliphatic rings. The molecule has 0 aromatic heterocycles. The second-order valence-electron chi connectivity index (χ2n) is 3.99. The molecule has 0 spiro atoms. The molecule has 0 aliphatic carbocycles. The molecular weight excluding hydrogens is 216 g/mol. The highest BCUT2D eigenvalue weighted by Crippen LogP contribution is 2.04. The van der Waals surface area contributed by atoms with Crippen LogP contribution in [0.5, 0.6) is 0 Å². The Morgan fingerprint density at radius 2 is 2.27 bits per heavy atom. The van der Waals surface area contributed by atoms with Gasteiger partial charge in [-0.05, 0) is 19.4 Å². The van der Waals surface area contributed by atoms with Crippen LogP contribution >= 0.6 is 0 Å². The molecule has 1 atom stereocenters. The van der Waals surface area contributed by atoms with Gasteiger partial charge in [-0.25, -0.2) is 8.42 Å². The van der Waals surface area contributed by atoms with E-state index in [1.807, 2.05) is 0 Å². The van der Waals surface area contributed by atoms with Gasteiger partial charge in [0.05, 0.1) is 5.75 Å². The monoisotopic (exact) mass is 234 g/mol. The summed E-state index contributed by atoms with van der Waals surface area (Å²) >= 11 is 0. The zero-order valence-electron chi connectivity index (χ0n) is 8.95. The third kappa shape index (κ3) is 5.74. The van der Waals surface area contributed by atoms with E-state index in [9.17, 15) is 13.2 Å². The summed E-state index contributed by atoms with van der Waals surface area (Å²) in [6, 6.07) is 0.218. The minimum absolute atomic E-state index is 0.109. The van der Waals surface area contributed by atoms with Crippen molar-refractivity contribution in [2.75, 3.05) is 25.1 Å². The third-order valence-electron chi connectivity index (χ3n) is 2.34. The summed E-state index contributed by atoms with van der Waals surface area (Å²) in [4.78, 5) is 10.9. The lowest BCUT2D eigenvalue weighted by atomic mass is 10.2. The standard InChI is InChI=1S/C9H18N2O3S/c1-15(13,14)6-2-5-10-7-8-3-4-9(12)11-8/h8,10H,2-7H2,1H3,(H,11,12). The second-order valence-corrected chi connectivity index (χ2v) is 6.25. The van der Waals surface area contributed by atoms with E-state index in [4.69, 9.17) is 0 Å². The van der Waals surface area contributed by atoms with Crippen LogP contribution in [-0.2, 0) is 14.6 Å². The summed E-state index contributed by atoms with van der Waals surface area (Å²) in [6.07, 6.45) is 3.34. The molecule has 1 rings (SSSR count). The highest BCUT2D eigenvalue weighted by molar-refractivity contribution is 7.90. The number of hydrogen-bond acceptors (Lipinski definition) is 4. The Bertz CT molecular complexity index is 313. The lowest BCUT2D eigenvalue weighted by Gasteiger charge is -2.10. The summed E-state index contributed by atoms with van der Waals surface area (Å²) in [7, 11) is -2.84. The smallest absolute Gasteiger partial charge is 0.220 e. The summed E-state index contributed by atoms with van der Waals surface area (Å²) in [5.41, 5.74) is 0. The first-order chi connectivity index (χ1) is 6.97. The van der Waals surface area contributed by atoms with Crippen LogP contribution in [0.4, 0.5) is 0 Å². The SMILES string of the molecule is CS(=O)(=O)CCCNCC1CCC(=O)N1. The summed E-state index contributed by atoms with van der Waals surface area (Å²) in [5, 5.41) is 5.98.